The van der Waals surface area contributed by atoms with Crippen LogP contribution in [0.3, 0.4) is 0 Å². The lowest BCUT2D eigenvalue weighted by Crippen LogP contribution is -2.19. The minimum Gasteiger partial charge on any atom is -0.374 e. The summed E-state index contributed by atoms with van der Waals surface area (Å²) < 4.78 is 0. The van der Waals surface area contributed by atoms with Gasteiger partial charge in [0.15, 0.2) is 5.78 Å². The summed E-state index contributed by atoms with van der Waals surface area (Å²) in [7, 11) is 2.09. The quantitative estimate of drug-likeness (QED) is 0.741. The number of benzene rings is 1. The molecule has 3 heteroatoms. The molecule has 0 bridgehead atoms. The molecular weight excluding hydrogens is 254 g/mol. The van der Waals surface area contributed by atoms with Gasteiger partial charge < -0.3 is 4.90 Å². The van der Waals surface area contributed by atoms with Crippen molar-refractivity contribution in [3.8, 4) is 0 Å². The number of rotatable bonds is 6. The molecule has 0 radical (unpaired) electrons. The average molecular weight is 273 g/mol. The van der Waals surface area contributed by atoms with Crippen LogP contribution in [0.5, 0.6) is 0 Å². The molecule has 0 saturated carbocycles. The molecule has 1 aromatic carbocycles. The minimum absolute atomic E-state index is 0.202. The summed E-state index contributed by atoms with van der Waals surface area (Å²) in [6.45, 7) is 2.88. The molecule has 0 aliphatic heterocycles. The number of Topliss-reactive ketones (excluding diaryl/α,β-unsaturated/α-hetero) is 1. The van der Waals surface area contributed by atoms with E-state index in [-0.39, 0.29) is 5.78 Å². The van der Waals surface area contributed by atoms with Crippen LogP contribution >= 0.6 is 11.3 Å². The zero-order valence-corrected chi connectivity index (χ0v) is 12.2. The number of carbonyl (C=O) groups is 1. The van der Waals surface area contributed by atoms with Gasteiger partial charge >= 0.3 is 0 Å². The largest absolute Gasteiger partial charge is 0.374 e. The Bertz CT molecular complexity index is 516. The van der Waals surface area contributed by atoms with E-state index in [1.807, 2.05) is 31.2 Å². The third kappa shape index (κ3) is 3.67. The molecule has 1 heterocycles. The van der Waals surface area contributed by atoms with E-state index in [9.17, 15) is 4.79 Å². The highest BCUT2D eigenvalue weighted by molar-refractivity contribution is 7.09. The molecule has 0 aliphatic carbocycles. The number of ketones is 1. The predicted molar refractivity (Wildman–Crippen MR) is 82.4 cm³/mol. The summed E-state index contributed by atoms with van der Waals surface area (Å²) in [5, 5.41) is 2.11. The second-order valence-electron chi connectivity index (χ2n) is 4.57. The molecular formula is C16H19NOS. The van der Waals surface area contributed by atoms with Gasteiger partial charge in [-0.2, -0.15) is 0 Å². The Morgan fingerprint density at radius 1 is 1.21 bits per heavy atom. The standard InChI is InChI=1S/C16H19NOS/c1-3-16(18)13-6-8-14(9-7-13)17(2)11-10-15-5-4-12-19-15/h4-9,12H,3,10-11H2,1-2H3. The molecule has 0 N–H and O–H groups in total. The molecule has 100 valence electrons. The fourth-order valence-corrected chi connectivity index (χ4v) is 2.67. The van der Waals surface area contributed by atoms with Gasteiger partial charge in [0.25, 0.3) is 0 Å². The van der Waals surface area contributed by atoms with E-state index in [0.717, 1.165) is 24.2 Å². The average Bonchev–Trinajstić information content (AvgIpc) is 2.97. The predicted octanol–water partition coefficient (Wildman–Crippen LogP) is 4.02. The first-order chi connectivity index (χ1) is 9.20. The molecule has 0 aliphatic rings. The molecule has 0 unspecified atom stereocenters. The van der Waals surface area contributed by atoms with Crippen molar-refractivity contribution in [1.29, 1.82) is 0 Å². The van der Waals surface area contributed by atoms with Crippen LogP contribution < -0.4 is 4.90 Å². The summed E-state index contributed by atoms with van der Waals surface area (Å²) >= 11 is 1.80. The van der Waals surface area contributed by atoms with E-state index in [2.05, 4.69) is 29.5 Å². The molecule has 19 heavy (non-hydrogen) atoms. The SMILES string of the molecule is CCC(=O)c1ccc(N(C)CCc2cccs2)cc1. The van der Waals surface area contributed by atoms with Crippen molar-refractivity contribution in [2.45, 2.75) is 19.8 Å². The van der Waals surface area contributed by atoms with E-state index < -0.39 is 0 Å². The van der Waals surface area contributed by atoms with Gasteiger partial charge in [0.05, 0.1) is 0 Å². The highest BCUT2D eigenvalue weighted by atomic mass is 32.1. The van der Waals surface area contributed by atoms with Crippen molar-refractivity contribution in [2.24, 2.45) is 0 Å². The van der Waals surface area contributed by atoms with E-state index in [1.54, 1.807) is 11.3 Å². The highest BCUT2D eigenvalue weighted by Crippen LogP contribution is 2.16. The van der Waals surface area contributed by atoms with E-state index in [4.69, 9.17) is 0 Å². The number of carbonyl (C=O) groups excluding carboxylic acids is 1. The Morgan fingerprint density at radius 3 is 2.53 bits per heavy atom. The molecule has 2 nitrogen and oxygen atoms in total. The number of likely N-dealkylation sites (N-methyl/N-ethyl adjacent to an activating group) is 1. The van der Waals surface area contributed by atoms with E-state index in [0.29, 0.717) is 6.42 Å². The lowest BCUT2D eigenvalue weighted by molar-refractivity contribution is 0.0988. The summed E-state index contributed by atoms with van der Waals surface area (Å²) in [6, 6.07) is 12.1. The summed E-state index contributed by atoms with van der Waals surface area (Å²) in [5.74, 6) is 0.202. The first-order valence-electron chi connectivity index (χ1n) is 6.57. The molecule has 1 aromatic heterocycles. The third-order valence-corrected chi connectivity index (χ3v) is 4.16. The molecule has 0 saturated heterocycles. The van der Waals surface area contributed by atoms with Crippen LogP contribution in [0.15, 0.2) is 41.8 Å². The first kappa shape index (κ1) is 13.8. The second kappa shape index (κ2) is 6.53. The Hall–Kier alpha value is -1.61. The zero-order chi connectivity index (χ0) is 13.7. The summed E-state index contributed by atoms with van der Waals surface area (Å²) in [5.41, 5.74) is 1.96. The van der Waals surface area contributed by atoms with Crippen LogP contribution in [0.25, 0.3) is 0 Å². The van der Waals surface area contributed by atoms with E-state index >= 15 is 0 Å². The Balaban J connectivity index is 1.95. The maximum atomic E-state index is 11.6. The van der Waals surface area contributed by atoms with Crippen molar-refractivity contribution in [3.05, 3.63) is 52.2 Å². The fraction of sp³-hybridized carbons (Fsp3) is 0.312. The Kier molecular flexibility index (Phi) is 4.74. The van der Waals surface area contributed by atoms with Gasteiger partial charge in [-0.05, 0) is 42.1 Å². The maximum Gasteiger partial charge on any atom is 0.162 e. The monoisotopic (exact) mass is 273 g/mol. The van der Waals surface area contributed by atoms with Gasteiger partial charge in [-0.15, -0.1) is 11.3 Å². The number of thiophene rings is 1. The molecule has 2 aromatic rings. The number of hydrogen-bond donors (Lipinski definition) is 0. The topological polar surface area (TPSA) is 20.3 Å². The van der Waals surface area contributed by atoms with Crippen LogP contribution in [0.1, 0.15) is 28.6 Å². The van der Waals surface area contributed by atoms with Crippen molar-refractivity contribution in [1.82, 2.24) is 0 Å². The first-order valence-corrected chi connectivity index (χ1v) is 7.45. The number of hydrogen-bond acceptors (Lipinski definition) is 3. The zero-order valence-electron chi connectivity index (χ0n) is 11.4. The van der Waals surface area contributed by atoms with Crippen LogP contribution in [-0.4, -0.2) is 19.4 Å². The van der Waals surface area contributed by atoms with Gasteiger partial charge in [0.1, 0.15) is 0 Å². The smallest absolute Gasteiger partial charge is 0.162 e. The van der Waals surface area contributed by atoms with Gasteiger partial charge in [-0.25, -0.2) is 0 Å². The van der Waals surface area contributed by atoms with E-state index in [1.165, 1.54) is 4.88 Å². The fourth-order valence-electron chi connectivity index (χ4n) is 1.97. The van der Waals surface area contributed by atoms with Gasteiger partial charge in [-0.3, -0.25) is 4.79 Å². The van der Waals surface area contributed by atoms with Crippen molar-refractivity contribution in [2.75, 3.05) is 18.5 Å². The summed E-state index contributed by atoms with van der Waals surface area (Å²) in [6.07, 6.45) is 1.62. The highest BCUT2D eigenvalue weighted by Gasteiger charge is 2.05. The summed E-state index contributed by atoms with van der Waals surface area (Å²) in [4.78, 5) is 15.2. The van der Waals surface area contributed by atoms with Gasteiger partial charge in [0, 0.05) is 36.1 Å². The van der Waals surface area contributed by atoms with Crippen LogP contribution in [0.2, 0.25) is 0 Å². The number of nitrogens with zero attached hydrogens (tertiary/aromatic N) is 1. The molecule has 0 atom stereocenters. The molecule has 0 spiro atoms. The molecule has 0 fully saturated rings. The van der Waals surface area contributed by atoms with Crippen LogP contribution in [-0.2, 0) is 6.42 Å². The lowest BCUT2D eigenvalue weighted by atomic mass is 10.1. The second-order valence-corrected chi connectivity index (χ2v) is 5.61. The van der Waals surface area contributed by atoms with Crippen LogP contribution in [0.4, 0.5) is 5.69 Å². The van der Waals surface area contributed by atoms with Crippen molar-refractivity contribution < 1.29 is 4.79 Å². The van der Waals surface area contributed by atoms with Crippen molar-refractivity contribution >= 4 is 22.8 Å². The molecule has 2 rings (SSSR count). The van der Waals surface area contributed by atoms with Gasteiger partial charge in [0.2, 0.25) is 0 Å². The van der Waals surface area contributed by atoms with Crippen LogP contribution in [0, 0.1) is 0 Å². The molecule has 0 amide bonds. The lowest BCUT2D eigenvalue weighted by Gasteiger charge is -2.19. The maximum absolute atomic E-state index is 11.6. The Morgan fingerprint density at radius 2 is 1.95 bits per heavy atom. The Labute approximate surface area is 118 Å². The normalized spacial score (nSPS) is 10.4. The van der Waals surface area contributed by atoms with Gasteiger partial charge in [-0.1, -0.05) is 13.0 Å². The minimum atomic E-state index is 0.202. The third-order valence-electron chi connectivity index (χ3n) is 3.22. The number of anilines is 1. The van der Waals surface area contributed by atoms with Crippen molar-refractivity contribution in [3.63, 3.8) is 0 Å².